The first-order valence-corrected chi connectivity index (χ1v) is 13.3. The first-order chi connectivity index (χ1) is 18.3. The maximum absolute atomic E-state index is 15.6. The van der Waals surface area contributed by atoms with Crippen LogP contribution in [0.2, 0.25) is 10.0 Å². The maximum Gasteiger partial charge on any atom is 0.257 e. The van der Waals surface area contributed by atoms with E-state index >= 15 is 4.39 Å². The monoisotopic (exact) mass is 558 g/mol. The Kier molecular flexibility index (Phi) is 7.99. The lowest BCUT2D eigenvalue weighted by Gasteiger charge is -2.38. The van der Waals surface area contributed by atoms with E-state index in [0.29, 0.717) is 62.3 Å². The van der Waals surface area contributed by atoms with Crippen molar-refractivity contribution in [1.29, 1.82) is 0 Å². The highest BCUT2D eigenvalue weighted by Crippen LogP contribution is 2.36. The van der Waals surface area contributed by atoms with Gasteiger partial charge in [0.05, 0.1) is 40.2 Å². The van der Waals surface area contributed by atoms with Crippen molar-refractivity contribution in [1.82, 2.24) is 15.3 Å². The van der Waals surface area contributed by atoms with Gasteiger partial charge in [0.2, 0.25) is 5.95 Å². The molecule has 1 amide bonds. The van der Waals surface area contributed by atoms with Gasteiger partial charge in [0.25, 0.3) is 5.91 Å². The fraction of sp³-hybridized carbons (Fsp3) is 0.370. The number of carbonyl (C=O) groups excluding carboxylic acids is 1. The van der Waals surface area contributed by atoms with Gasteiger partial charge in [-0.15, -0.1) is 0 Å². The van der Waals surface area contributed by atoms with Crippen LogP contribution in [0.4, 0.5) is 21.7 Å². The van der Waals surface area contributed by atoms with Crippen LogP contribution in [0.1, 0.15) is 24.2 Å². The molecule has 0 unspecified atom stereocenters. The number of halogens is 3. The van der Waals surface area contributed by atoms with Gasteiger partial charge in [0.15, 0.2) is 0 Å². The highest BCUT2D eigenvalue weighted by molar-refractivity contribution is 6.44. The lowest BCUT2D eigenvalue weighted by molar-refractivity contribution is 0.102. The number of carbonyl (C=O) groups is 1. The standard InChI is InChI=1S/C27H29Cl2FN6O2/c1-16-14-36(15-17(2)33-16)24-11-22(30)20(18-12-31-27(32-13-18)35-6-8-38-9-7-35)10-23(24)34-26(37)19-4-3-5-21(28)25(19)29/h3-5,10-13,16-17,33H,6-9,14-15H2,1-2H3,(H,34,37)/t16-,17+. The molecular formula is C27H29Cl2FN6O2. The molecule has 38 heavy (non-hydrogen) atoms. The summed E-state index contributed by atoms with van der Waals surface area (Å²) in [6.07, 6.45) is 3.20. The lowest BCUT2D eigenvalue weighted by atomic mass is 10.0. The van der Waals surface area contributed by atoms with Crippen LogP contribution in [0.5, 0.6) is 0 Å². The maximum atomic E-state index is 15.6. The summed E-state index contributed by atoms with van der Waals surface area (Å²) in [5.41, 5.74) is 2.07. The van der Waals surface area contributed by atoms with Crippen molar-refractivity contribution in [2.75, 3.05) is 54.5 Å². The minimum atomic E-state index is -0.438. The molecule has 0 spiro atoms. The Morgan fingerprint density at radius 3 is 2.45 bits per heavy atom. The normalized spacial score (nSPS) is 19.9. The van der Waals surface area contributed by atoms with E-state index < -0.39 is 11.7 Å². The van der Waals surface area contributed by atoms with Crippen LogP contribution in [-0.2, 0) is 4.74 Å². The van der Waals surface area contributed by atoms with Gasteiger partial charge in [0, 0.05) is 61.8 Å². The molecule has 3 heterocycles. The topological polar surface area (TPSA) is 82.6 Å². The number of ether oxygens (including phenoxy) is 1. The second-order valence-electron chi connectivity index (χ2n) is 9.65. The fourth-order valence-corrected chi connectivity index (χ4v) is 5.31. The minimum absolute atomic E-state index is 0.159. The average molecular weight is 559 g/mol. The van der Waals surface area contributed by atoms with E-state index in [1.807, 2.05) is 4.90 Å². The molecule has 2 fully saturated rings. The number of nitrogens with one attached hydrogen (secondary N) is 2. The predicted octanol–water partition coefficient (Wildman–Crippen LogP) is 4.87. The Bertz CT molecular complexity index is 1310. The molecule has 2 atom stereocenters. The number of piperazine rings is 1. The first kappa shape index (κ1) is 26.6. The second kappa shape index (κ2) is 11.4. The Labute approximate surface area is 231 Å². The molecule has 0 bridgehead atoms. The van der Waals surface area contributed by atoms with Gasteiger partial charge in [-0.1, -0.05) is 29.3 Å². The summed E-state index contributed by atoms with van der Waals surface area (Å²) in [6.45, 7) is 8.09. The highest BCUT2D eigenvalue weighted by Gasteiger charge is 2.26. The zero-order chi connectivity index (χ0) is 26.8. The Hall–Kier alpha value is -2.98. The van der Waals surface area contributed by atoms with Crippen molar-refractivity contribution >= 4 is 46.4 Å². The number of rotatable bonds is 5. The smallest absolute Gasteiger partial charge is 0.257 e. The molecule has 3 aromatic rings. The van der Waals surface area contributed by atoms with Crippen LogP contribution in [0.15, 0.2) is 42.7 Å². The molecule has 2 aromatic carbocycles. The van der Waals surface area contributed by atoms with E-state index in [1.54, 1.807) is 36.7 Å². The molecule has 0 saturated carbocycles. The van der Waals surface area contributed by atoms with E-state index in [2.05, 4.69) is 39.3 Å². The number of hydrogen-bond donors (Lipinski definition) is 2. The van der Waals surface area contributed by atoms with Crippen molar-refractivity contribution in [2.45, 2.75) is 25.9 Å². The third-order valence-electron chi connectivity index (χ3n) is 6.67. The van der Waals surface area contributed by atoms with Crippen molar-refractivity contribution in [3.05, 3.63) is 64.2 Å². The largest absolute Gasteiger partial charge is 0.378 e. The van der Waals surface area contributed by atoms with Crippen LogP contribution < -0.4 is 20.4 Å². The molecule has 8 nitrogen and oxygen atoms in total. The SMILES string of the molecule is C[C@@H]1CN(c2cc(F)c(-c3cnc(N4CCOCC4)nc3)cc2NC(=O)c2cccc(Cl)c2Cl)C[C@H](C)N1. The van der Waals surface area contributed by atoms with E-state index in [-0.39, 0.29) is 33.3 Å². The van der Waals surface area contributed by atoms with Crippen LogP contribution in [0, 0.1) is 5.82 Å². The molecule has 2 aliphatic rings. The summed E-state index contributed by atoms with van der Waals surface area (Å²) in [5, 5.41) is 6.87. The van der Waals surface area contributed by atoms with Gasteiger partial charge in [0.1, 0.15) is 5.82 Å². The van der Waals surface area contributed by atoms with E-state index in [4.69, 9.17) is 27.9 Å². The zero-order valence-corrected chi connectivity index (χ0v) is 22.7. The van der Waals surface area contributed by atoms with Crippen LogP contribution in [-0.4, -0.2) is 67.4 Å². The number of amides is 1. The Morgan fingerprint density at radius 2 is 1.76 bits per heavy atom. The molecule has 1 aromatic heterocycles. The number of hydrogen-bond acceptors (Lipinski definition) is 7. The molecule has 0 radical (unpaired) electrons. The predicted molar refractivity (Wildman–Crippen MR) is 149 cm³/mol. The number of morpholine rings is 1. The average Bonchev–Trinajstić information content (AvgIpc) is 2.91. The van der Waals surface area contributed by atoms with Gasteiger partial charge >= 0.3 is 0 Å². The van der Waals surface area contributed by atoms with Crippen molar-refractivity contribution in [3.63, 3.8) is 0 Å². The third kappa shape index (κ3) is 5.71. The molecular weight excluding hydrogens is 530 g/mol. The van der Waals surface area contributed by atoms with Gasteiger partial charge in [-0.05, 0) is 38.1 Å². The van der Waals surface area contributed by atoms with Gasteiger partial charge in [-0.3, -0.25) is 4.79 Å². The van der Waals surface area contributed by atoms with E-state index in [0.717, 1.165) is 0 Å². The quantitative estimate of drug-likeness (QED) is 0.462. The van der Waals surface area contributed by atoms with Crippen LogP contribution >= 0.6 is 23.2 Å². The summed E-state index contributed by atoms with van der Waals surface area (Å²) in [5.74, 6) is -0.297. The third-order valence-corrected chi connectivity index (χ3v) is 7.49. The van der Waals surface area contributed by atoms with Crippen molar-refractivity contribution in [2.24, 2.45) is 0 Å². The summed E-state index contributed by atoms with van der Waals surface area (Å²) >= 11 is 12.5. The molecule has 2 N–H and O–H groups in total. The molecule has 2 saturated heterocycles. The zero-order valence-electron chi connectivity index (χ0n) is 21.2. The molecule has 11 heteroatoms. The van der Waals surface area contributed by atoms with Gasteiger partial charge in [-0.25, -0.2) is 14.4 Å². The fourth-order valence-electron chi connectivity index (χ4n) is 4.93. The molecule has 200 valence electrons. The minimum Gasteiger partial charge on any atom is -0.378 e. The second-order valence-corrected chi connectivity index (χ2v) is 10.4. The van der Waals surface area contributed by atoms with Crippen LogP contribution in [0.25, 0.3) is 11.1 Å². The summed E-state index contributed by atoms with van der Waals surface area (Å²) < 4.78 is 21.0. The summed E-state index contributed by atoms with van der Waals surface area (Å²) in [7, 11) is 0. The summed E-state index contributed by atoms with van der Waals surface area (Å²) in [4.78, 5) is 26.3. The molecule has 2 aliphatic heterocycles. The van der Waals surface area contributed by atoms with E-state index in [1.165, 1.54) is 6.07 Å². The van der Waals surface area contributed by atoms with Crippen molar-refractivity contribution in [3.8, 4) is 11.1 Å². The van der Waals surface area contributed by atoms with Crippen molar-refractivity contribution < 1.29 is 13.9 Å². The van der Waals surface area contributed by atoms with Gasteiger partial charge < -0.3 is 25.2 Å². The highest BCUT2D eigenvalue weighted by atomic mass is 35.5. The summed E-state index contributed by atoms with van der Waals surface area (Å²) in [6, 6.07) is 8.35. The lowest BCUT2D eigenvalue weighted by Crippen LogP contribution is -2.54. The number of nitrogens with zero attached hydrogens (tertiary/aromatic N) is 4. The van der Waals surface area contributed by atoms with Gasteiger partial charge in [-0.2, -0.15) is 0 Å². The Morgan fingerprint density at radius 1 is 1.08 bits per heavy atom. The van der Waals surface area contributed by atoms with E-state index in [9.17, 15) is 4.79 Å². The number of aromatic nitrogens is 2. The molecule has 0 aliphatic carbocycles. The van der Waals surface area contributed by atoms with Crippen LogP contribution in [0.3, 0.4) is 0 Å². The number of anilines is 3. The number of benzene rings is 2. The Balaban J connectivity index is 1.51. The first-order valence-electron chi connectivity index (χ1n) is 12.5. The molecule has 5 rings (SSSR count).